The summed E-state index contributed by atoms with van der Waals surface area (Å²) in [6.45, 7) is 2.68. The lowest BCUT2D eigenvalue weighted by molar-refractivity contribution is -0.131. The van der Waals surface area contributed by atoms with E-state index >= 15 is 0 Å². The highest BCUT2D eigenvalue weighted by Crippen LogP contribution is 2.26. The van der Waals surface area contributed by atoms with Crippen molar-refractivity contribution < 1.29 is 14.3 Å². The second-order valence-electron chi connectivity index (χ2n) is 5.09. The number of nitrogens with zero attached hydrogens (tertiary/aromatic N) is 1. The van der Waals surface area contributed by atoms with Gasteiger partial charge in [-0.05, 0) is 24.1 Å². The Hall–Kier alpha value is -2.24. The molecule has 1 atom stereocenters. The van der Waals surface area contributed by atoms with Gasteiger partial charge in [0.2, 0.25) is 11.8 Å². The van der Waals surface area contributed by atoms with E-state index in [2.05, 4.69) is 5.32 Å². The van der Waals surface area contributed by atoms with E-state index in [0.717, 1.165) is 0 Å². The molecule has 0 radical (unpaired) electrons. The Balaban J connectivity index is 2.01. The van der Waals surface area contributed by atoms with Crippen molar-refractivity contribution >= 4 is 23.2 Å². The quantitative estimate of drug-likeness (QED) is 0.807. The molecule has 0 saturated carbocycles. The van der Waals surface area contributed by atoms with Gasteiger partial charge in [0, 0.05) is 18.7 Å². The molecule has 6 nitrogen and oxygen atoms in total. The summed E-state index contributed by atoms with van der Waals surface area (Å²) in [5, 5.41) is 2.73. The predicted molar refractivity (Wildman–Crippen MR) is 76.4 cm³/mol. The molecule has 2 rings (SSSR count). The van der Waals surface area contributed by atoms with Crippen LogP contribution in [0, 0.1) is 5.92 Å². The minimum Gasteiger partial charge on any atom is -0.495 e. The zero-order chi connectivity index (χ0) is 14.7. The average Bonchev–Trinajstić information content (AvgIpc) is 2.68. The van der Waals surface area contributed by atoms with Gasteiger partial charge in [-0.1, -0.05) is 6.92 Å². The third-order valence-corrected chi connectivity index (χ3v) is 3.24. The Morgan fingerprint density at radius 2 is 2.30 bits per heavy atom. The summed E-state index contributed by atoms with van der Waals surface area (Å²) in [5.74, 6) is 0.606. The lowest BCUT2D eigenvalue weighted by Gasteiger charge is -2.16. The molecule has 108 valence electrons. The SMILES string of the molecule is COc1ccc(N)cc1NC(=O)CN1CC(C)CC1=O. The minimum absolute atomic E-state index is 0.0205. The van der Waals surface area contributed by atoms with Crippen LogP contribution < -0.4 is 15.8 Å². The molecule has 0 bridgehead atoms. The number of carbonyl (C=O) groups is 2. The molecule has 2 amide bonds. The van der Waals surface area contributed by atoms with Gasteiger partial charge in [0.1, 0.15) is 5.75 Å². The van der Waals surface area contributed by atoms with E-state index in [9.17, 15) is 9.59 Å². The highest BCUT2D eigenvalue weighted by atomic mass is 16.5. The molecule has 0 spiro atoms. The molecule has 1 heterocycles. The Morgan fingerprint density at radius 1 is 1.55 bits per heavy atom. The second kappa shape index (κ2) is 5.81. The Bertz CT molecular complexity index is 530. The van der Waals surface area contributed by atoms with Crippen LogP contribution >= 0.6 is 0 Å². The summed E-state index contributed by atoms with van der Waals surface area (Å²) in [5.41, 5.74) is 6.74. The molecule has 20 heavy (non-hydrogen) atoms. The largest absolute Gasteiger partial charge is 0.495 e. The molecule has 0 aliphatic carbocycles. The van der Waals surface area contributed by atoms with Crippen molar-refractivity contribution in [3.05, 3.63) is 18.2 Å². The number of nitrogen functional groups attached to an aromatic ring is 1. The van der Waals surface area contributed by atoms with Crippen LogP contribution in [0.5, 0.6) is 5.75 Å². The molecule has 6 heteroatoms. The first-order valence-electron chi connectivity index (χ1n) is 6.50. The van der Waals surface area contributed by atoms with E-state index in [4.69, 9.17) is 10.5 Å². The highest BCUT2D eigenvalue weighted by molar-refractivity contribution is 5.96. The van der Waals surface area contributed by atoms with Gasteiger partial charge in [-0.25, -0.2) is 0 Å². The van der Waals surface area contributed by atoms with Crippen molar-refractivity contribution in [2.75, 3.05) is 31.2 Å². The Labute approximate surface area is 117 Å². The molecule has 1 fully saturated rings. The van der Waals surface area contributed by atoms with Crippen LogP contribution in [0.15, 0.2) is 18.2 Å². The smallest absolute Gasteiger partial charge is 0.244 e. The van der Waals surface area contributed by atoms with Gasteiger partial charge in [-0.3, -0.25) is 9.59 Å². The Morgan fingerprint density at radius 3 is 2.90 bits per heavy atom. The number of hydrogen-bond acceptors (Lipinski definition) is 4. The number of nitrogens with two attached hydrogens (primary N) is 1. The monoisotopic (exact) mass is 277 g/mol. The van der Waals surface area contributed by atoms with Crippen LogP contribution in [0.2, 0.25) is 0 Å². The van der Waals surface area contributed by atoms with Gasteiger partial charge >= 0.3 is 0 Å². The van der Waals surface area contributed by atoms with E-state index in [1.807, 2.05) is 6.92 Å². The summed E-state index contributed by atoms with van der Waals surface area (Å²) < 4.78 is 5.16. The number of hydrogen-bond donors (Lipinski definition) is 2. The zero-order valence-electron chi connectivity index (χ0n) is 11.7. The molecular weight excluding hydrogens is 258 g/mol. The number of benzene rings is 1. The Kier molecular flexibility index (Phi) is 4.12. The summed E-state index contributed by atoms with van der Waals surface area (Å²) in [4.78, 5) is 25.2. The highest BCUT2D eigenvalue weighted by Gasteiger charge is 2.27. The summed E-state index contributed by atoms with van der Waals surface area (Å²) in [6.07, 6.45) is 0.509. The van der Waals surface area contributed by atoms with Crippen molar-refractivity contribution in [1.29, 1.82) is 0 Å². The molecular formula is C14H19N3O3. The van der Waals surface area contributed by atoms with Gasteiger partial charge in [0.25, 0.3) is 0 Å². The normalized spacial score (nSPS) is 18.2. The van der Waals surface area contributed by atoms with Gasteiger partial charge in [0.05, 0.1) is 19.3 Å². The molecule has 1 aliphatic rings. The third kappa shape index (κ3) is 3.20. The van der Waals surface area contributed by atoms with Crippen LogP contribution in [0.25, 0.3) is 0 Å². The molecule has 1 aliphatic heterocycles. The minimum atomic E-state index is -0.253. The van der Waals surface area contributed by atoms with Crippen LogP contribution in [-0.2, 0) is 9.59 Å². The molecule has 0 aromatic heterocycles. The van der Waals surface area contributed by atoms with E-state index in [1.165, 1.54) is 7.11 Å². The number of carbonyl (C=O) groups excluding carboxylic acids is 2. The predicted octanol–water partition coefficient (Wildman–Crippen LogP) is 1.08. The zero-order valence-corrected chi connectivity index (χ0v) is 11.7. The lowest BCUT2D eigenvalue weighted by atomic mass is 10.2. The molecule has 3 N–H and O–H groups in total. The first kappa shape index (κ1) is 14.2. The maximum absolute atomic E-state index is 12.0. The number of likely N-dealkylation sites (tertiary alicyclic amines) is 1. The van der Waals surface area contributed by atoms with E-state index < -0.39 is 0 Å². The molecule has 1 unspecified atom stereocenters. The van der Waals surface area contributed by atoms with Gasteiger partial charge in [-0.15, -0.1) is 0 Å². The molecule has 1 aromatic carbocycles. The maximum Gasteiger partial charge on any atom is 0.244 e. The summed E-state index contributed by atoms with van der Waals surface area (Å²) in [6, 6.07) is 5.01. The summed E-state index contributed by atoms with van der Waals surface area (Å²) in [7, 11) is 1.52. The van der Waals surface area contributed by atoms with Gasteiger partial charge in [0.15, 0.2) is 0 Å². The van der Waals surface area contributed by atoms with E-state index in [0.29, 0.717) is 36.0 Å². The number of methoxy groups -OCH3 is 1. The fraction of sp³-hybridized carbons (Fsp3) is 0.429. The number of ether oxygens (including phenoxy) is 1. The molecule has 1 saturated heterocycles. The van der Waals surface area contributed by atoms with Crippen molar-refractivity contribution in [3.63, 3.8) is 0 Å². The number of nitrogens with one attached hydrogen (secondary N) is 1. The van der Waals surface area contributed by atoms with E-state index in [1.54, 1.807) is 23.1 Å². The van der Waals surface area contributed by atoms with Crippen molar-refractivity contribution in [2.24, 2.45) is 5.92 Å². The molecule has 1 aromatic rings. The van der Waals surface area contributed by atoms with Gasteiger partial charge in [-0.2, -0.15) is 0 Å². The third-order valence-electron chi connectivity index (χ3n) is 3.24. The second-order valence-corrected chi connectivity index (χ2v) is 5.09. The first-order valence-corrected chi connectivity index (χ1v) is 6.50. The first-order chi connectivity index (χ1) is 9.49. The van der Waals surface area contributed by atoms with E-state index in [-0.39, 0.29) is 18.4 Å². The van der Waals surface area contributed by atoms with Crippen molar-refractivity contribution in [3.8, 4) is 5.75 Å². The maximum atomic E-state index is 12.0. The summed E-state index contributed by atoms with van der Waals surface area (Å²) >= 11 is 0. The van der Waals surface area contributed by atoms with Crippen molar-refractivity contribution in [2.45, 2.75) is 13.3 Å². The van der Waals surface area contributed by atoms with Crippen LogP contribution in [0.4, 0.5) is 11.4 Å². The average molecular weight is 277 g/mol. The van der Waals surface area contributed by atoms with Crippen molar-refractivity contribution in [1.82, 2.24) is 4.90 Å². The van der Waals surface area contributed by atoms with Crippen LogP contribution in [-0.4, -0.2) is 36.9 Å². The standard InChI is InChI=1S/C14H19N3O3/c1-9-5-14(19)17(7-9)8-13(18)16-11-6-10(15)3-4-12(11)20-2/h3-4,6,9H,5,7-8,15H2,1-2H3,(H,16,18). The number of anilines is 2. The fourth-order valence-electron chi connectivity index (χ4n) is 2.31. The lowest BCUT2D eigenvalue weighted by Crippen LogP contribution is -2.34. The van der Waals surface area contributed by atoms with Crippen LogP contribution in [0.3, 0.4) is 0 Å². The number of amides is 2. The fourth-order valence-corrected chi connectivity index (χ4v) is 2.31. The van der Waals surface area contributed by atoms with Crippen LogP contribution in [0.1, 0.15) is 13.3 Å². The number of rotatable bonds is 4. The topological polar surface area (TPSA) is 84.7 Å². The van der Waals surface area contributed by atoms with Gasteiger partial charge < -0.3 is 20.7 Å².